The van der Waals surface area contributed by atoms with Crippen LogP contribution in [0.3, 0.4) is 0 Å². The van der Waals surface area contributed by atoms with Crippen molar-refractivity contribution in [2.24, 2.45) is 0 Å². The van der Waals surface area contributed by atoms with Crippen molar-refractivity contribution < 1.29 is 49.6 Å². The van der Waals surface area contributed by atoms with E-state index in [2.05, 4.69) is 9.97 Å². The summed E-state index contributed by atoms with van der Waals surface area (Å²) in [5.41, 5.74) is -2.32. The van der Waals surface area contributed by atoms with Gasteiger partial charge in [0, 0.05) is 36.4 Å². The van der Waals surface area contributed by atoms with Gasteiger partial charge in [0.1, 0.15) is 30.8 Å². The van der Waals surface area contributed by atoms with Crippen molar-refractivity contribution in [1.29, 1.82) is 0 Å². The minimum absolute atomic E-state index is 0.0822. The molecular weight excluding hydrogens is 801 g/mol. The van der Waals surface area contributed by atoms with Crippen molar-refractivity contribution >= 4 is 24.5 Å². The van der Waals surface area contributed by atoms with Crippen LogP contribution in [0.5, 0.6) is 0 Å². The summed E-state index contributed by atoms with van der Waals surface area (Å²) in [5, 5.41) is -0.535. The molecule has 0 saturated carbocycles. The van der Waals surface area contributed by atoms with Crippen LogP contribution in [0.25, 0.3) is 0 Å². The minimum Gasteiger partial charge on any atom is -0.414 e. The lowest BCUT2D eigenvalue weighted by molar-refractivity contribution is -0.160. The van der Waals surface area contributed by atoms with Crippen LogP contribution in [-0.2, 0) is 36.5 Å². The second-order valence-electron chi connectivity index (χ2n) is 17.5. The molecule has 0 amide bonds. The van der Waals surface area contributed by atoms with Crippen LogP contribution in [-0.4, -0.2) is 86.1 Å². The topological polar surface area (TPSA) is 191 Å². The molecule has 1 unspecified atom stereocenters. The first kappa shape index (κ1) is 46.2. The number of hydrogen-bond donors (Lipinski definition) is 2. The maximum atomic E-state index is 14.4. The molecule has 2 aliphatic heterocycles. The van der Waals surface area contributed by atoms with Crippen molar-refractivity contribution in [3.63, 3.8) is 0 Å². The Morgan fingerprint density at radius 1 is 0.750 bits per heavy atom. The van der Waals surface area contributed by atoms with Crippen molar-refractivity contribution in [3.8, 4) is 0 Å². The normalized spacial score (nSPS) is 25.1. The minimum atomic E-state index is -5.15. The predicted octanol–water partition coefficient (Wildman–Crippen LogP) is 5.78. The van der Waals surface area contributed by atoms with Gasteiger partial charge in [0.2, 0.25) is 0 Å². The van der Waals surface area contributed by atoms with E-state index in [0.29, 0.717) is 0 Å². The molecule has 2 fully saturated rings. The monoisotopic (exact) mass is 856 g/mol. The third kappa shape index (κ3) is 11.2. The smallest absolute Gasteiger partial charge is 0.414 e. The Kier molecular flexibility index (Phi) is 13.7. The van der Waals surface area contributed by atoms with E-state index >= 15 is 0 Å². The van der Waals surface area contributed by atoms with E-state index in [-0.39, 0.29) is 40.7 Å². The van der Waals surface area contributed by atoms with Crippen LogP contribution in [0, 0.1) is 13.8 Å². The first-order valence-corrected chi connectivity index (χ1v) is 25.6. The molecule has 4 rings (SSSR count). The third-order valence-corrected chi connectivity index (χ3v) is 21.4. The number of rotatable bonds is 14. The summed E-state index contributed by atoms with van der Waals surface area (Å²) in [6.45, 7) is 20.2. The number of H-pyrrole nitrogens is 2. The molecule has 2 aliphatic rings. The highest BCUT2D eigenvalue weighted by atomic mass is 31.2. The molecular formula is C34H56F3N4O12PSi2. The van der Waals surface area contributed by atoms with E-state index in [1.807, 2.05) is 67.7 Å². The fourth-order valence-electron chi connectivity index (χ4n) is 5.52. The number of aryl methyl sites for hydroxylation is 2. The second-order valence-corrected chi connectivity index (χ2v) is 28.6. The lowest BCUT2D eigenvalue weighted by atomic mass is 10.2. The van der Waals surface area contributed by atoms with E-state index in [4.69, 9.17) is 31.9 Å². The maximum Gasteiger partial charge on any atom is 0.475 e. The molecule has 2 saturated heterocycles. The molecule has 0 bridgehead atoms. The number of phosphoric acid groups is 1. The van der Waals surface area contributed by atoms with Gasteiger partial charge < -0.3 is 18.3 Å². The Morgan fingerprint density at radius 3 is 1.64 bits per heavy atom. The zero-order valence-electron chi connectivity index (χ0n) is 34.0. The number of aromatic nitrogens is 4. The van der Waals surface area contributed by atoms with Crippen LogP contribution in [0.1, 0.15) is 78.0 Å². The van der Waals surface area contributed by atoms with Gasteiger partial charge in [-0.25, -0.2) is 14.2 Å². The highest BCUT2D eigenvalue weighted by Crippen LogP contribution is 2.55. The fraction of sp³-hybridized carbons (Fsp3) is 0.765. The van der Waals surface area contributed by atoms with Crippen molar-refractivity contribution in [2.45, 2.75) is 148 Å². The second kappa shape index (κ2) is 16.7. The summed E-state index contributed by atoms with van der Waals surface area (Å²) in [5.74, 6) is 0. The van der Waals surface area contributed by atoms with Crippen LogP contribution >= 0.6 is 7.82 Å². The van der Waals surface area contributed by atoms with E-state index in [0.717, 1.165) is 4.57 Å². The number of aromatic amines is 2. The van der Waals surface area contributed by atoms with Gasteiger partial charge in [-0.2, -0.15) is 13.2 Å². The highest BCUT2D eigenvalue weighted by molar-refractivity contribution is 7.48. The Morgan fingerprint density at radius 2 is 1.20 bits per heavy atom. The van der Waals surface area contributed by atoms with Crippen LogP contribution in [0.15, 0.2) is 31.6 Å². The third-order valence-electron chi connectivity index (χ3n) is 11.0. The summed E-state index contributed by atoms with van der Waals surface area (Å²) in [6, 6.07) is 0. The molecule has 2 N–H and O–H groups in total. The van der Waals surface area contributed by atoms with Gasteiger partial charge in [0.05, 0.1) is 19.3 Å². The van der Waals surface area contributed by atoms with E-state index < -0.39 is 103 Å². The Hall–Kier alpha value is -2.47. The molecule has 0 radical (unpaired) electrons. The van der Waals surface area contributed by atoms with Crippen molar-refractivity contribution in [2.75, 3.05) is 19.8 Å². The van der Waals surface area contributed by atoms with Crippen LogP contribution in [0.4, 0.5) is 13.2 Å². The molecule has 2 aromatic heterocycles. The summed E-state index contributed by atoms with van der Waals surface area (Å²) >= 11 is 0. The lowest BCUT2D eigenvalue weighted by Gasteiger charge is -2.39. The predicted molar refractivity (Wildman–Crippen MR) is 205 cm³/mol. The molecule has 0 spiro atoms. The largest absolute Gasteiger partial charge is 0.475 e. The molecule has 56 heavy (non-hydrogen) atoms. The molecule has 0 aromatic carbocycles. The summed E-state index contributed by atoms with van der Waals surface area (Å²) in [4.78, 5) is 54.3. The number of phosphoric ester groups is 1. The van der Waals surface area contributed by atoms with Gasteiger partial charge in [-0.3, -0.25) is 42.3 Å². The molecule has 0 aliphatic carbocycles. The van der Waals surface area contributed by atoms with Gasteiger partial charge in [-0.1, -0.05) is 41.5 Å². The van der Waals surface area contributed by atoms with E-state index in [1.165, 1.54) is 30.8 Å². The lowest BCUT2D eigenvalue weighted by Crippen LogP contribution is -2.46. The zero-order valence-corrected chi connectivity index (χ0v) is 36.9. The number of nitrogens with one attached hydrogen (secondary N) is 2. The van der Waals surface area contributed by atoms with Crippen LogP contribution < -0.4 is 22.5 Å². The summed E-state index contributed by atoms with van der Waals surface area (Å²) in [6.07, 6.45) is -8.80. The quantitative estimate of drug-likeness (QED) is 0.172. The highest BCUT2D eigenvalue weighted by Gasteiger charge is 2.49. The molecule has 7 atom stereocenters. The van der Waals surface area contributed by atoms with Crippen molar-refractivity contribution in [1.82, 2.24) is 19.1 Å². The van der Waals surface area contributed by atoms with Crippen molar-refractivity contribution in [3.05, 3.63) is 65.2 Å². The molecule has 22 heteroatoms. The van der Waals surface area contributed by atoms with E-state index in [1.54, 1.807) is 0 Å². The summed E-state index contributed by atoms with van der Waals surface area (Å²) < 4.78 is 99.3. The zero-order chi connectivity index (χ0) is 42.4. The van der Waals surface area contributed by atoms with Gasteiger partial charge in [-0.15, -0.1) is 0 Å². The van der Waals surface area contributed by atoms with E-state index in [9.17, 15) is 36.9 Å². The standard InChI is InChI=1S/C34H56F3N4O12PSi2/c1-20-15-40(30(44)38-28(20)42)26-13-22(25(51-26)18-49-55(9,10)32(3,4)5)52-54(46,48-19-34(35,36)37)47-17-24-23(53-56(11,12)33(6,7)8)14-27(50-24)41-16-21(2)29(43)39-31(41)45/h15-16,22-27H,13-14,17-19H2,1-12H3,(H,38,42,44)(H,39,43,45)/t22-,23-,24+,25+,26+,27+,54?/m0/s1. The molecule has 2 aromatic rings. The van der Waals surface area contributed by atoms with Gasteiger partial charge >= 0.3 is 25.4 Å². The average molecular weight is 857 g/mol. The Bertz CT molecular complexity index is 2000. The first-order valence-electron chi connectivity index (χ1n) is 18.3. The van der Waals surface area contributed by atoms with Gasteiger partial charge in [0.25, 0.3) is 11.1 Å². The Labute approximate surface area is 325 Å². The fourth-order valence-corrected chi connectivity index (χ4v) is 9.28. The number of alkyl halides is 3. The number of hydrogen-bond acceptors (Lipinski definition) is 12. The molecule has 4 heterocycles. The maximum absolute atomic E-state index is 14.4. The van der Waals surface area contributed by atoms with Gasteiger partial charge in [0.15, 0.2) is 23.2 Å². The molecule has 16 nitrogen and oxygen atoms in total. The van der Waals surface area contributed by atoms with Gasteiger partial charge in [-0.05, 0) is 50.1 Å². The summed E-state index contributed by atoms with van der Waals surface area (Å²) in [7, 11) is -10.2. The average Bonchev–Trinajstić information content (AvgIpc) is 3.63. The molecule has 318 valence electrons. The number of ether oxygens (including phenoxy) is 2. The first-order chi connectivity index (χ1) is 25.4. The van der Waals surface area contributed by atoms with Crippen LogP contribution in [0.2, 0.25) is 36.3 Å². The Balaban J connectivity index is 1.68. The number of halogens is 3. The SMILES string of the molecule is Cc1cn([C@H]2C[C@H](O[Si](C)(C)C(C)(C)C)[C@@H](COP(=O)(OCC(F)(F)F)O[C@H]3C[C@H](n4cc(C)c(=O)[nH]c4=O)O[C@@H]3CO[Si](C)(C)C(C)(C)C)O2)c(=O)[nH]c1=O. The number of nitrogens with zero attached hydrogens (tertiary/aromatic N) is 2.